The van der Waals surface area contributed by atoms with E-state index in [1.807, 2.05) is 6.92 Å². The molecule has 1 unspecified atom stereocenters. The number of carbonyl (C=O) groups excluding carboxylic acids is 1. The van der Waals surface area contributed by atoms with Crippen LogP contribution in [0.25, 0.3) is 0 Å². The molecule has 4 heteroatoms. The minimum Gasteiger partial charge on any atom is -0.469 e. The van der Waals surface area contributed by atoms with Gasteiger partial charge in [-0.2, -0.15) is 0 Å². The summed E-state index contributed by atoms with van der Waals surface area (Å²) in [6.07, 6.45) is 2.19. The summed E-state index contributed by atoms with van der Waals surface area (Å²) in [5.41, 5.74) is -0.431. The van der Waals surface area contributed by atoms with Crippen LogP contribution in [0.1, 0.15) is 26.2 Å². The van der Waals surface area contributed by atoms with Crippen LogP contribution in [0.4, 0.5) is 0 Å². The van der Waals surface area contributed by atoms with Crippen molar-refractivity contribution in [1.82, 2.24) is 0 Å². The van der Waals surface area contributed by atoms with Crippen LogP contribution in [0.15, 0.2) is 0 Å². The Balaban J connectivity index is 2.09. The van der Waals surface area contributed by atoms with Crippen molar-refractivity contribution >= 4 is 5.97 Å². The third-order valence-corrected chi connectivity index (χ3v) is 3.21. The van der Waals surface area contributed by atoms with E-state index < -0.39 is 11.2 Å². The first-order chi connectivity index (χ1) is 6.60. The van der Waals surface area contributed by atoms with E-state index in [2.05, 4.69) is 0 Å². The largest absolute Gasteiger partial charge is 0.469 e. The number of ether oxygens (including phenoxy) is 3. The first-order valence-electron chi connectivity index (χ1n) is 4.97. The average molecular weight is 200 g/mol. The minimum absolute atomic E-state index is 0.159. The fourth-order valence-corrected chi connectivity index (χ4v) is 2.40. The van der Waals surface area contributed by atoms with Gasteiger partial charge in [-0.15, -0.1) is 0 Å². The molecule has 2 fully saturated rings. The second-order valence-corrected chi connectivity index (χ2v) is 4.34. The van der Waals surface area contributed by atoms with Gasteiger partial charge in [-0.05, 0) is 13.3 Å². The van der Waals surface area contributed by atoms with E-state index in [0.717, 1.165) is 12.8 Å². The number of hydrogen-bond acceptors (Lipinski definition) is 4. The van der Waals surface area contributed by atoms with Crippen LogP contribution in [0.3, 0.4) is 0 Å². The molecule has 0 aromatic carbocycles. The molecule has 1 saturated heterocycles. The van der Waals surface area contributed by atoms with E-state index >= 15 is 0 Å². The van der Waals surface area contributed by atoms with Crippen molar-refractivity contribution < 1.29 is 19.0 Å². The van der Waals surface area contributed by atoms with Crippen LogP contribution in [-0.2, 0) is 19.0 Å². The summed E-state index contributed by atoms with van der Waals surface area (Å²) in [5.74, 6) is -0.656. The molecule has 1 aliphatic heterocycles. The maximum absolute atomic E-state index is 11.5. The monoisotopic (exact) mass is 200 g/mol. The van der Waals surface area contributed by atoms with Crippen molar-refractivity contribution in [3.63, 3.8) is 0 Å². The van der Waals surface area contributed by atoms with Crippen molar-refractivity contribution in [3.05, 3.63) is 0 Å². The first-order valence-corrected chi connectivity index (χ1v) is 4.97. The summed E-state index contributed by atoms with van der Waals surface area (Å²) in [7, 11) is 1.43. The van der Waals surface area contributed by atoms with Crippen molar-refractivity contribution in [3.8, 4) is 0 Å². The average Bonchev–Trinajstić information content (AvgIpc) is 2.75. The van der Waals surface area contributed by atoms with Gasteiger partial charge in [0, 0.05) is 12.8 Å². The molecule has 1 spiro atoms. The van der Waals surface area contributed by atoms with E-state index in [-0.39, 0.29) is 5.97 Å². The second kappa shape index (κ2) is 3.21. The summed E-state index contributed by atoms with van der Waals surface area (Å²) in [4.78, 5) is 11.5. The van der Waals surface area contributed by atoms with Gasteiger partial charge in [0.05, 0.1) is 25.7 Å². The highest BCUT2D eigenvalue weighted by Crippen LogP contribution is 2.48. The molecule has 0 amide bonds. The van der Waals surface area contributed by atoms with Gasteiger partial charge in [-0.25, -0.2) is 0 Å². The molecular weight excluding hydrogens is 184 g/mol. The van der Waals surface area contributed by atoms with E-state index in [1.165, 1.54) is 7.11 Å². The molecule has 2 rings (SSSR count). The Hall–Kier alpha value is -0.610. The van der Waals surface area contributed by atoms with Gasteiger partial charge in [0.25, 0.3) is 0 Å². The van der Waals surface area contributed by atoms with Crippen molar-refractivity contribution in [2.24, 2.45) is 5.41 Å². The van der Waals surface area contributed by atoms with Crippen molar-refractivity contribution in [2.75, 3.05) is 20.3 Å². The zero-order chi connectivity index (χ0) is 10.2. The van der Waals surface area contributed by atoms with Crippen molar-refractivity contribution in [1.29, 1.82) is 0 Å². The van der Waals surface area contributed by atoms with Gasteiger partial charge in [0.15, 0.2) is 5.79 Å². The third-order valence-electron chi connectivity index (χ3n) is 3.21. The van der Waals surface area contributed by atoms with Gasteiger partial charge in [-0.1, -0.05) is 0 Å². The lowest BCUT2D eigenvalue weighted by Crippen LogP contribution is -2.32. The Morgan fingerprint density at radius 2 is 1.93 bits per heavy atom. The molecule has 0 aromatic heterocycles. The van der Waals surface area contributed by atoms with E-state index in [9.17, 15) is 4.79 Å². The van der Waals surface area contributed by atoms with Gasteiger partial charge in [0.1, 0.15) is 0 Å². The molecule has 80 valence electrons. The lowest BCUT2D eigenvalue weighted by atomic mass is 9.88. The molecule has 2 aliphatic rings. The van der Waals surface area contributed by atoms with Crippen LogP contribution < -0.4 is 0 Å². The van der Waals surface area contributed by atoms with E-state index in [1.54, 1.807) is 0 Å². The van der Waals surface area contributed by atoms with Gasteiger partial charge >= 0.3 is 5.97 Å². The maximum Gasteiger partial charge on any atom is 0.311 e. The van der Waals surface area contributed by atoms with E-state index in [4.69, 9.17) is 14.2 Å². The smallest absolute Gasteiger partial charge is 0.311 e. The maximum atomic E-state index is 11.5. The highest BCUT2D eigenvalue weighted by molar-refractivity contribution is 5.76. The molecule has 0 bridgehead atoms. The summed E-state index contributed by atoms with van der Waals surface area (Å²) < 4.78 is 15.9. The molecule has 0 aromatic rings. The molecule has 1 saturated carbocycles. The summed E-state index contributed by atoms with van der Waals surface area (Å²) in [6.45, 7) is 3.19. The molecule has 4 nitrogen and oxygen atoms in total. The fourth-order valence-electron chi connectivity index (χ4n) is 2.40. The molecular formula is C10H16O4. The van der Waals surface area contributed by atoms with Crippen LogP contribution in [-0.4, -0.2) is 32.1 Å². The molecule has 0 radical (unpaired) electrons. The molecule has 1 heterocycles. The Bertz CT molecular complexity index is 245. The number of rotatable bonds is 1. The summed E-state index contributed by atoms with van der Waals surface area (Å²) >= 11 is 0. The number of carbonyl (C=O) groups is 1. The fraction of sp³-hybridized carbons (Fsp3) is 0.900. The normalized spacial score (nSPS) is 35.0. The number of esters is 1. The zero-order valence-corrected chi connectivity index (χ0v) is 8.67. The van der Waals surface area contributed by atoms with Crippen LogP contribution in [0.2, 0.25) is 0 Å². The van der Waals surface area contributed by atoms with Gasteiger partial charge in [0.2, 0.25) is 0 Å². The van der Waals surface area contributed by atoms with Crippen molar-refractivity contribution in [2.45, 2.75) is 32.0 Å². The lowest BCUT2D eigenvalue weighted by molar-refractivity contribution is -0.168. The highest BCUT2D eigenvalue weighted by atomic mass is 16.7. The number of hydrogen-bond donors (Lipinski definition) is 0. The summed E-state index contributed by atoms with van der Waals surface area (Å²) in [6, 6.07) is 0. The van der Waals surface area contributed by atoms with Gasteiger partial charge < -0.3 is 14.2 Å². The zero-order valence-electron chi connectivity index (χ0n) is 8.67. The quantitative estimate of drug-likeness (QED) is 0.594. The molecule has 14 heavy (non-hydrogen) atoms. The first kappa shape index (κ1) is 9.93. The molecule has 0 N–H and O–H groups in total. The predicted octanol–water partition coefficient (Wildman–Crippen LogP) is 1.09. The Morgan fingerprint density at radius 1 is 1.29 bits per heavy atom. The van der Waals surface area contributed by atoms with E-state index in [0.29, 0.717) is 19.6 Å². The standard InChI is InChI=1S/C10H16O4/c1-9(8(11)12-2)3-4-10(7-9)13-5-6-14-10/h3-7H2,1-2H3. The predicted molar refractivity (Wildman–Crippen MR) is 48.6 cm³/mol. The Kier molecular flexibility index (Phi) is 2.27. The topological polar surface area (TPSA) is 44.8 Å². The molecule has 1 atom stereocenters. The molecule has 1 aliphatic carbocycles. The Morgan fingerprint density at radius 3 is 2.50 bits per heavy atom. The SMILES string of the molecule is COC(=O)C1(C)CCC2(C1)OCCO2. The van der Waals surface area contributed by atoms with Gasteiger partial charge in [-0.3, -0.25) is 4.79 Å². The summed E-state index contributed by atoms with van der Waals surface area (Å²) in [5, 5.41) is 0. The number of methoxy groups -OCH3 is 1. The second-order valence-electron chi connectivity index (χ2n) is 4.34. The minimum atomic E-state index is -0.497. The van der Waals surface area contributed by atoms with Crippen LogP contribution >= 0.6 is 0 Å². The Labute approximate surface area is 83.5 Å². The third kappa shape index (κ3) is 1.42. The van der Waals surface area contributed by atoms with Crippen LogP contribution in [0.5, 0.6) is 0 Å². The lowest BCUT2D eigenvalue weighted by Gasteiger charge is -2.25. The van der Waals surface area contributed by atoms with Crippen LogP contribution in [0, 0.1) is 5.41 Å². The highest BCUT2D eigenvalue weighted by Gasteiger charge is 2.53.